The van der Waals surface area contributed by atoms with Crippen LogP contribution in [0.2, 0.25) is 0 Å². The molecule has 4 heterocycles. The van der Waals surface area contributed by atoms with Gasteiger partial charge in [-0.05, 0) is 88.6 Å². The van der Waals surface area contributed by atoms with Crippen LogP contribution in [0.3, 0.4) is 0 Å². The molecule has 5 aromatic rings. The van der Waals surface area contributed by atoms with Crippen molar-refractivity contribution in [1.82, 2.24) is 23.5 Å². The summed E-state index contributed by atoms with van der Waals surface area (Å²) in [5, 5.41) is 14.8. The number of nitrogens with zero attached hydrogens (tertiary/aromatic N) is 5. The number of anilines is 1. The van der Waals surface area contributed by atoms with E-state index in [-0.39, 0.29) is 40.3 Å². The molecule has 2 bridgehead atoms. The van der Waals surface area contributed by atoms with Gasteiger partial charge in [-0.15, -0.1) is 0 Å². The minimum atomic E-state index is -4.15. The van der Waals surface area contributed by atoms with Crippen molar-refractivity contribution in [2.75, 3.05) is 5.32 Å². The van der Waals surface area contributed by atoms with Crippen LogP contribution in [0.4, 0.5) is 10.2 Å². The average Bonchev–Trinajstić information content (AvgIpc) is 3.60. The van der Waals surface area contributed by atoms with E-state index in [1.54, 1.807) is 12.1 Å². The molecule has 2 N–H and O–H groups in total. The van der Waals surface area contributed by atoms with Crippen molar-refractivity contribution in [3.05, 3.63) is 66.4 Å². The van der Waals surface area contributed by atoms with Crippen molar-refractivity contribution in [3.8, 4) is 11.4 Å². The lowest BCUT2D eigenvalue weighted by molar-refractivity contribution is -0.148. The lowest BCUT2D eigenvalue weighted by atomic mass is 9.61. The number of aliphatic carboxylic acids is 1. The Morgan fingerprint density at radius 2 is 1.66 bits per heavy atom. The number of aromatic nitrogens is 5. The molecule has 2 unspecified atom stereocenters. The molecule has 44 heavy (non-hydrogen) atoms. The maximum Gasteiger partial charge on any atom is 0.308 e. The topological polar surface area (TPSA) is 132 Å². The third kappa shape index (κ3) is 4.54. The number of carbonyl (C=O) groups is 1. The first-order valence-electron chi connectivity index (χ1n) is 14.9. The summed E-state index contributed by atoms with van der Waals surface area (Å²) in [6.45, 7) is 5.92. The Balaban J connectivity index is 1.42. The molecule has 0 aliphatic heterocycles. The molecule has 0 radical (unpaired) electrons. The van der Waals surface area contributed by atoms with Crippen molar-refractivity contribution >= 4 is 43.9 Å². The molecule has 3 aliphatic carbocycles. The minimum Gasteiger partial charge on any atom is -0.481 e. The molecule has 3 fully saturated rings. The summed E-state index contributed by atoms with van der Waals surface area (Å²) in [6.07, 6.45) is 7.05. The fourth-order valence-corrected chi connectivity index (χ4v) is 8.41. The fourth-order valence-electron chi connectivity index (χ4n) is 7.09. The van der Waals surface area contributed by atoms with Crippen LogP contribution in [0, 0.1) is 30.6 Å². The van der Waals surface area contributed by atoms with Gasteiger partial charge in [0.15, 0.2) is 11.5 Å². The number of benzene rings is 1. The minimum absolute atomic E-state index is 0.0390. The van der Waals surface area contributed by atoms with Crippen LogP contribution < -0.4 is 5.32 Å². The monoisotopic (exact) mass is 616 g/mol. The van der Waals surface area contributed by atoms with Crippen molar-refractivity contribution in [2.24, 2.45) is 17.8 Å². The van der Waals surface area contributed by atoms with Crippen LogP contribution in [0.5, 0.6) is 0 Å². The molecule has 1 aromatic carbocycles. The second-order valence-electron chi connectivity index (χ2n) is 12.3. The summed E-state index contributed by atoms with van der Waals surface area (Å²) in [5.74, 6) is -1.12. The normalized spacial score (nSPS) is 21.8. The third-order valence-corrected chi connectivity index (χ3v) is 11.0. The number of carboxylic acid groups (broad SMARTS) is 1. The average molecular weight is 617 g/mol. The van der Waals surface area contributed by atoms with Crippen LogP contribution in [0.1, 0.15) is 51.1 Å². The summed E-state index contributed by atoms with van der Waals surface area (Å²) in [4.78, 5) is 26.2. The van der Waals surface area contributed by atoms with E-state index in [0.29, 0.717) is 22.4 Å². The van der Waals surface area contributed by atoms with Gasteiger partial charge in [0.25, 0.3) is 10.0 Å². The largest absolute Gasteiger partial charge is 0.481 e. The molecule has 0 amide bonds. The third-order valence-electron chi connectivity index (χ3n) is 9.34. The number of hydrogen-bond acceptors (Lipinski definition) is 7. The predicted octanol–water partition coefficient (Wildman–Crippen LogP) is 6.01. The van der Waals surface area contributed by atoms with Gasteiger partial charge in [-0.3, -0.25) is 4.79 Å². The van der Waals surface area contributed by atoms with E-state index in [1.165, 1.54) is 30.5 Å². The Morgan fingerprint density at radius 3 is 2.34 bits per heavy atom. The predicted molar refractivity (Wildman–Crippen MR) is 164 cm³/mol. The van der Waals surface area contributed by atoms with Gasteiger partial charge >= 0.3 is 5.97 Å². The summed E-state index contributed by atoms with van der Waals surface area (Å²) in [6, 6.07) is 10.7. The smallest absolute Gasteiger partial charge is 0.308 e. The zero-order valence-electron chi connectivity index (χ0n) is 24.6. The quantitative estimate of drug-likeness (QED) is 0.212. The molecule has 10 nitrogen and oxygen atoms in total. The molecule has 0 spiro atoms. The number of carboxylic acids is 1. The molecular weight excluding hydrogens is 583 g/mol. The van der Waals surface area contributed by atoms with Gasteiger partial charge in [0.1, 0.15) is 11.5 Å². The second kappa shape index (κ2) is 10.4. The lowest BCUT2D eigenvalue weighted by Gasteiger charge is -2.47. The molecule has 0 saturated heterocycles. The first-order valence-corrected chi connectivity index (χ1v) is 16.3. The Hall–Kier alpha value is -4.32. The van der Waals surface area contributed by atoms with E-state index >= 15 is 0 Å². The van der Waals surface area contributed by atoms with E-state index < -0.39 is 27.9 Å². The van der Waals surface area contributed by atoms with Crippen molar-refractivity contribution in [1.29, 1.82) is 0 Å². The van der Waals surface area contributed by atoms with Gasteiger partial charge < -0.3 is 15.0 Å². The van der Waals surface area contributed by atoms with Crippen molar-refractivity contribution in [3.63, 3.8) is 0 Å². The zero-order chi connectivity index (χ0) is 30.9. The van der Waals surface area contributed by atoms with Gasteiger partial charge in [-0.1, -0.05) is 17.7 Å². The zero-order valence-corrected chi connectivity index (χ0v) is 25.4. The van der Waals surface area contributed by atoms with Crippen molar-refractivity contribution < 1.29 is 22.7 Å². The molecule has 8 rings (SSSR count). The Morgan fingerprint density at radius 1 is 0.955 bits per heavy atom. The number of pyridine rings is 1. The maximum atomic E-state index is 14.5. The lowest BCUT2D eigenvalue weighted by Crippen LogP contribution is -2.51. The molecule has 3 saturated carbocycles. The number of hydrogen-bond donors (Lipinski definition) is 2. The van der Waals surface area contributed by atoms with E-state index in [2.05, 4.69) is 10.3 Å². The molecule has 2 atom stereocenters. The van der Waals surface area contributed by atoms with Gasteiger partial charge in [0, 0.05) is 35.4 Å². The molecule has 4 aromatic heterocycles. The van der Waals surface area contributed by atoms with Gasteiger partial charge in [-0.25, -0.2) is 27.3 Å². The fraction of sp³-hybridized carbons (Fsp3) is 0.375. The van der Waals surface area contributed by atoms with Crippen LogP contribution in [-0.2, 0) is 14.8 Å². The summed E-state index contributed by atoms with van der Waals surface area (Å²) >= 11 is 0. The Bertz CT molecular complexity index is 2030. The van der Waals surface area contributed by atoms with E-state index in [1.807, 2.05) is 37.6 Å². The molecular formula is C32H33FN6O4S. The van der Waals surface area contributed by atoms with Crippen LogP contribution in [-0.4, -0.2) is 49.0 Å². The first-order chi connectivity index (χ1) is 21.0. The Labute approximate surface area is 254 Å². The van der Waals surface area contributed by atoms with E-state index in [9.17, 15) is 22.7 Å². The van der Waals surface area contributed by atoms with Gasteiger partial charge in [0.05, 0.1) is 16.2 Å². The van der Waals surface area contributed by atoms with E-state index in [4.69, 9.17) is 9.97 Å². The molecule has 3 aliphatic rings. The molecule has 12 heteroatoms. The van der Waals surface area contributed by atoms with E-state index in [0.717, 1.165) is 40.6 Å². The second-order valence-corrected chi connectivity index (χ2v) is 14.1. The highest BCUT2D eigenvalue weighted by molar-refractivity contribution is 7.90. The highest BCUT2D eigenvalue weighted by Crippen LogP contribution is 2.47. The molecule has 228 valence electrons. The number of nitrogens with one attached hydrogen (secondary N) is 1. The van der Waals surface area contributed by atoms with Gasteiger partial charge in [0.2, 0.25) is 5.95 Å². The number of aryl methyl sites for hydroxylation is 1. The van der Waals surface area contributed by atoms with Crippen LogP contribution >= 0.6 is 0 Å². The number of rotatable bonds is 7. The number of fused-ring (bicyclic) bond motifs is 5. The number of halogens is 1. The SMILES string of the molecule is Cc1ccc(S(=O)(=O)n2cc(-c3nc(NC4C5CCC(CC5)C4C(=O)O)c4ccn(C(C)C)c4n3)c3ccc(F)nc32)cc1. The van der Waals surface area contributed by atoms with Crippen LogP contribution in [0.15, 0.2) is 59.8 Å². The standard InChI is InChI=1S/C32H33FN6O4S/c1-17(2)38-15-14-23-28(35-27-20-8-6-19(7-9-20)26(27)32(40)41)36-29(37-30(23)38)24-16-39(31-22(24)12-13-25(33)34-31)44(42,43)21-10-4-18(3)5-11-21/h4-5,10-17,19-20,26-27H,6-9H2,1-3H3,(H,40,41)(H,35,36,37). The highest BCUT2D eigenvalue weighted by atomic mass is 32.2. The highest BCUT2D eigenvalue weighted by Gasteiger charge is 2.47. The summed E-state index contributed by atoms with van der Waals surface area (Å²) < 4.78 is 45.1. The van der Waals surface area contributed by atoms with Crippen LogP contribution in [0.25, 0.3) is 33.5 Å². The first kappa shape index (κ1) is 28.5. The van der Waals surface area contributed by atoms with Gasteiger partial charge in [-0.2, -0.15) is 4.39 Å². The Kier molecular flexibility index (Phi) is 6.72. The summed E-state index contributed by atoms with van der Waals surface area (Å²) in [5.41, 5.74) is 1.81. The van der Waals surface area contributed by atoms with Crippen molar-refractivity contribution in [2.45, 2.75) is 63.4 Å². The summed E-state index contributed by atoms with van der Waals surface area (Å²) in [7, 11) is -4.15. The maximum absolute atomic E-state index is 14.5.